The quantitative estimate of drug-likeness (QED) is 0.832. The maximum absolute atomic E-state index is 4.30. The molecule has 0 spiro atoms. The van der Waals surface area contributed by atoms with Crippen molar-refractivity contribution in [3.05, 3.63) is 35.6 Å². The van der Waals surface area contributed by atoms with Crippen LogP contribution in [0.2, 0.25) is 0 Å². The van der Waals surface area contributed by atoms with Gasteiger partial charge in [0, 0.05) is 18.9 Å². The summed E-state index contributed by atoms with van der Waals surface area (Å²) in [5.41, 5.74) is 0.993. The highest BCUT2D eigenvalue weighted by molar-refractivity contribution is 7.15. The number of hydrogen-bond acceptors (Lipinski definition) is 4. The molecule has 4 heteroatoms. The minimum atomic E-state index is 0.817. The molecule has 0 aliphatic rings. The van der Waals surface area contributed by atoms with Crippen molar-refractivity contribution in [2.45, 2.75) is 6.54 Å². The van der Waals surface area contributed by atoms with Crippen LogP contribution in [-0.4, -0.2) is 17.0 Å². The van der Waals surface area contributed by atoms with E-state index in [-0.39, 0.29) is 0 Å². The second-order valence-electron chi connectivity index (χ2n) is 2.86. The third-order valence-electron chi connectivity index (χ3n) is 1.80. The summed E-state index contributed by atoms with van der Waals surface area (Å²) in [6.07, 6.45) is 3.67. The Balaban J connectivity index is 2.25. The summed E-state index contributed by atoms with van der Waals surface area (Å²) in [6, 6.07) is 5.90. The molecule has 2 heterocycles. The maximum atomic E-state index is 4.30. The van der Waals surface area contributed by atoms with Crippen LogP contribution in [0.3, 0.4) is 0 Å². The van der Waals surface area contributed by atoms with E-state index in [2.05, 4.69) is 15.3 Å². The van der Waals surface area contributed by atoms with E-state index >= 15 is 0 Å². The Kier molecular flexibility index (Phi) is 2.86. The minimum absolute atomic E-state index is 0.817. The lowest BCUT2D eigenvalue weighted by atomic mass is 10.3. The average molecular weight is 205 g/mol. The highest BCUT2D eigenvalue weighted by Crippen LogP contribution is 2.23. The molecule has 0 fully saturated rings. The van der Waals surface area contributed by atoms with Crippen LogP contribution in [0.1, 0.15) is 5.01 Å². The molecule has 0 aliphatic heterocycles. The van der Waals surface area contributed by atoms with Gasteiger partial charge in [-0.15, -0.1) is 11.3 Å². The van der Waals surface area contributed by atoms with Crippen molar-refractivity contribution in [3.63, 3.8) is 0 Å². The van der Waals surface area contributed by atoms with Gasteiger partial charge >= 0.3 is 0 Å². The van der Waals surface area contributed by atoms with Crippen molar-refractivity contribution in [1.29, 1.82) is 0 Å². The van der Waals surface area contributed by atoms with Crippen molar-refractivity contribution < 1.29 is 0 Å². The van der Waals surface area contributed by atoms with Gasteiger partial charge < -0.3 is 5.32 Å². The Labute approximate surface area is 86.8 Å². The van der Waals surface area contributed by atoms with Gasteiger partial charge in [-0.05, 0) is 19.2 Å². The van der Waals surface area contributed by atoms with Gasteiger partial charge in [-0.25, -0.2) is 4.98 Å². The van der Waals surface area contributed by atoms with Crippen molar-refractivity contribution in [3.8, 4) is 10.6 Å². The van der Waals surface area contributed by atoms with E-state index in [0.29, 0.717) is 0 Å². The highest BCUT2D eigenvalue weighted by atomic mass is 32.1. The first-order valence-corrected chi connectivity index (χ1v) is 5.22. The normalized spacial score (nSPS) is 10.4. The van der Waals surface area contributed by atoms with E-state index in [1.54, 1.807) is 17.5 Å². The Morgan fingerprint density at radius 2 is 2.29 bits per heavy atom. The molecule has 2 aromatic heterocycles. The van der Waals surface area contributed by atoms with Crippen LogP contribution < -0.4 is 5.32 Å². The predicted molar refractivity (Wildman–Crippen MR) is 58.1 cm³/mol. The summed E-state index contributed by atoms with van der Waals surface area (Å²) >= 11 is 1.67. The summed E-state index contributed by atoms with van der Waals surface area (Å²) in [7, 11) is 1.92. The van der Waals surface area contributed by atoms with E-state index < -0.39 is 0 Å². The number of nitrogens with zero attached hydrogens (tertiary/aromatic N) is 2. The first-order valence-electron chi connectivity index (χ1n) is 4.41. The Hall–Kier alpha value is -1.26. The van der Waals surface area contributed by atoms with Crippen molar-refractivity contribution >= 4 is 11.3 Å². The smallest absolute Gasteiger partial charge is 0.107 e. The van der Waals surface area contributed by atoms with Crippen LogP contribution in [0.4, 0.5) is 0 Å². The zero-order chi connectivity index (χ0) is 9.80. The molecular formula is C10H11N3S. The summed E-state index contributed by atoms with van der Waals surface area (Å²) in [5, 5.41) is 4.17. The number of nitrogens with one attached hydrogen (secondary N) is 1. The molecule has 2 aromatic rings. The molecule has 0 saturated carbocycles. The molecule has 1 N–H and O–H groups in total. The summed E-state index contributed by atoms with van der Waals surface area (Å²) in [5.74, 6) is 0. The largest absolute Gasteiger partial charge is 0.314 e. The Morgan fingerprint density at radius 3 is 3.00 bits per heavy atom. The van der Waals surface area contributed by atoms with Crippen molar-refractivity contribution in [2.24, 2.45) is 0 Å². The lowest BCUT2D eigenvalue weighted by Gasteiger charge is -1.93. The number of thiazole rings is 1. The molecule has 2 rings (SSSR count). The van der Waals surface area contributed by atoms with E-state index in [0.717, 1.165) is 22.1 Å². The van der Waals surface area contributed by atoms with E-state index in [4.69, 9.17) is 0 Å². The number of hydrogen-bond donors (Lipinski definition) is 1. The fraction of sp³-hybridized carbons (Fsp3) is 0.200. The zero-order valence-electron chi connectivity index (χ0n) is 7.90. The van der Waals surface area contributed by atoms with E-state index in [1.165, 1.54) is 0 Å². The van der Waals surface area contributed by atoms with Crippen molar-refractivity contribution in [2.75, 3.05) is 7.05 Å². The molecule has 0 saturated heterocycles. The van der Waals surface area contributed by atoms with Crippen LogP contribution in [0.15, 0.2) is 30.6 Å². The van der Waals surface area contributed by atoms with Gasteiger partial charge in [-0.3, -0.25) is 4.98 Å². The summed E-state index contributed by atoms with van der Waals surface area (Å²) in [6.45, 7) is 0.817. The fourth-order valence-electron chi connectivity index (χ4n) is 1.17. The van der Waals surface area contributed by atoms with Crippen LogP contribution in [-0.2, 0) is 6.54 Å². The standard InChI is InChI=1S/C10H11N3S/c1-11-7-10-13-6-9(14-10)8-4-2-3-5-12-8/h2-6,11H,7H2,1H3. The number of rotatable bonds is 3. The summed E-state index contributed by atoms with van der Waals surface area (Å²) < 4.78 is 0. The van der Waals surface area contributed by atoms with Gasteiger partial charge in [-0.2, -0.15) is 0 Å². The van der Waals surface area contributed by atoms with Gasteiger partial charge in [0.1, 0.15) is 5.01 Å². The molecule has 72 valence electrons. The topological polar surface area (TPSA) is 37.8 Å². The average Bonchev–Trinajstić information content (AvgIpc) is 2.68. The Morgan fingerprint density at radius 1 is 1.36 bits per heavy atom. The number of pyridine rings is 1. The lowest BCUT2D eigenvalue weighted by molar-refractivity contribution is 0.810. The van der Waals surface area contributed by atoms with Crippen LogP contribution in [0.25, 0.3) is 10.6 Å². The predicted octanol–water partition coefficient (Wildman–Crippen LogP) is 1.92. The fourth-order valence-corrected chi connectivity index (χ4v) is 2.08. The van der Waals surface area contributed by atoms with Gasteiger partial charge in [-0.1, -0.05) is 6.07 Å². The second-order valence-corrected chi connectivity index (χ2v) is 3.98. The molecule has 0 bridgehead atoms. The maximum Gasteiger partial charge on any atom is 0.107 e. The Bertz CT molecular complexity index is 397. The van der Waals surface area contributed by atoms with Crippen LogP contribution >= 0.6 is 11.3 Å². The molecule has 0 amide bonds. The third kappa shape index (κ3) is 1.97. The summed E-state index contributed by atoms with van der Waals surface area (Å²) in [4.78, 5) is 9.69. The first kappa shape index (κ1) is 9.30. The molecule has 0 unspecified atom stereocenters. The molecule has 0 aliphatic carbocycles. The first-order chi connectivity index (χ1) is 6.90. The van der Waals surface area contributed by atoms with Gasteiger partial charge in [0.25, 0.3) is 0 Å². The molecular weight excluding hydrogens is 194 g/mol. The van der Waals surface area contributed by atoms with Gasteiger partial charge in [0.05, 0.1) is 10.6 Å². The lowest BCUT2D eigenvalue weighted by Crippen LogP contribution is -2.03. The van der Waals surface area contributed by atoms with Crippen LogP contribution in [0.5, 0.6) is 0 Å². The van der Waals surface area contributed by atoms with E-state index in [9.17, 15) is 0 Å². The van der Waals surface area contributed by atoms with Crippen LogP contribution in [0, 0.1) is 0 Å². The zero-order valence-corrected chi connectivity index (χ0v) is 8.71. The molecule has 0 aromatic carbocycles. The van der Waals surface area contributed by atoms with Gasteiger partial charge in [0.2, 0.25) is 0 Å². The second kappa shape index (κ2) is 4.30. The molecule has 3 nitrogen and oxygen atoms in total. The SMILES string of the molecule is CNCc1ncc(-c2ccccn2)s1. The van der Waals surface area contributed by atoms with E-state index in [1.807, 2.05) is 31.4 Å². The molecule has 14 heavy (non-hydrogen) atoms. The minimum Gasteiger partial charge on any atom is -0.314 e. The van der Waals surface area contributed by atoms with Gasteiger partial charge in [0.15, 0.2) is 0 Å². The monoisotopic (exact) mass is 205 g/mol. The third-order valence-corrected chi connectivity index (χ3v) is 2.82. The highest BCUT2D eigenvalue weighted by Gasteiger charge is 2.03. The molecule has 0 radical (unpaired) electrons. The molecule has 0 atom stereocenters. The van der Waals surface area contributed by atoms with Crippen molar-refractivity contribution in [1.82, 2.24) is 15.3 Å². The number of aromatic nitrogens is 2.